The van der Waals surface area contributed by atoms with E-state index < -0.39 is 15.9 Å². The van der Waals surface area contributed by atoms with Crippen molar-refractivity contribution in [3.05, 3.63) is 54.6 Å². The number of sulfonamides is 1. The monoisotopic (exact) mass is 309 g/mol. The SMILES string of the molecule is COC(NS(=O)(=O)c1ccccc1)(OC)c1ncccn1. The van der Waals surface area contributed by atoms with Crippen LogP contribution in [-0.4, -0.2) is 32.6 Å². The molecule has 0 aliphatic heterocycles. The molecule has 0 saturated carbocycles. The lowest BCUT2D eigenvalue weighted by Crippen LogP contribution is -2.49. The van der Waals surface area contributed by atoms with Crippen molar-refractivity contribution in [2.24, 2.45) is 0 Å². The van der Waals surface area contributed by atoms with E-state index in [1.165, 1.54) is 38.7 Å². The molecule has 0 atom stereocenters. The highest BCUT2D eigenvalue weighted by Crippen LogP contribution is 2.22. The summed E-state index contributed by atoms with van der Waals surface area (Å²) < 4.78 is 37.6. The molecular formula is C13H15N3O4S. The number of nitrogens with one attached hydrogen (secondary N) is 1. The largest absolute Gasteiger partial charge is 0.334 e. The Morgan fingerprint density at radius 2 is 1.57 bits per heavy atom. The molecule has 21 heavy (non-hydrogen) atoms. The van der Waals surface area contributed by atoms with Gasteiger partial charge >= 0.3 is 5.91 Å². The summed E-state index contributed by atoms with van der Waals surface area (Å²) in [5.74, 6) is -1.75. The predicted molar refractivity (Wildman–Crippen MR) is 74.5 cm³/mol. The van der Waals surface area contributed by atoms with Crippen molar-refractivity contribution in [1.82, 2.24) is 14.7 Å². The Bertz CT molecular complexity index is 673. The summed E-state index contributed by atoms with van der Waals surface area (Å²) in [5, 5.41) is 0. The number of hydrogen-bond acceptors (Lipinski definition) is 6. The summed E-state index contributed by atoms with van der Waals surface area (Å²) in [7, 11) is -1.27. The van der Waals surface area contributed by atoms with Gasteiger partial charge in [0.25, 0.3) is 0 Å². The van der Waals surface area contributed by atoms with Crippen LogP contribution in [0.2, 0.25) is 0 Å². The summed E-state index contributed by atoms with van der Waals surface area (Å²) in [5.41, 5.74) is 0. The van der Waals surface area contributed by atoms with E-state index >= 15 is 0 Å². The van der Waals surface area contributed by atoms with Gasteiger partial charge in [0.1, 0.15) is 0 Å². The molecule has 0 aliphatic rings. The molecule has 0 radical (unpaired) electrons. The van der Waals surface area contributed by atoms with E-state index in [4.69, 9.17) is 9.47 Å². The number of aromatic nitrogens is 2. The first kappa shape index (κ1) is 15.5. The molecule has 1 N–H and O–H groups in total. The zero-order chi connectivity index (χ0) is 15.3. The third kappa shape index (κ3) is 3.24. The molecule has 0 spiro atoms. The minimum absolute atomic E-state index is 0.0505. The molecule has 2 rings (SSSR count). The predicted octanol–water partition coefficient (Wildman–Crippen LogP) is 0.858. The van der Waals surface area contributed by atoms with Crippen molar-refractivity contribution < 1.29 is 17.9 Å². The number of nitrogens with zero attached hydrogens (tertiary/aromatic N) is 2. The van der Waals surface area contributed by atoms with Crippen molar-refractivity contribution in [3.8, 4) is 0 Å². The van der Waals surface area contributed by atoms with Crippen LogP contribution in [0.5, 0.6) is 0 Å². The Kier molecular flexibility index (Phi) is 4.63. The van der Waals surface area contributed by atoms with E-state index in [2.05, 4.69) is 14.7 Å². The summed E-state index contributed by atoms with van der Waals surface area (Å²) in [6.07, 6.45) is 2.93. The molecule has 0 amide bonds. The van der Waals surface area contributed by atoms with Crippen molar-refractivity contribution >= 4 is 10.0 Å². The number of methoxy groups -OCH3 is 2. The number of ether oxygens (including phenoxy) is 2. The fourth-order valence-electron chi connectivity index (χ4n) is 1.70. The quantitative estimate of drug-likeness (QED) is 0.796. The molecule has 1 aromatic heterocycles. The molecule has 0 unspecified atom stereocenters. The van der Waals surface area contributed by atoms with E-state index in [1.54, 1.807) is 24.3 Å². The first-order valence-corrected chi connectivity index (χ1v) is 7.49. The fourth-order valence-corrected chi connectivity index (χ4v) is 2.94. The Balaban J connectivity index is 2.42. The summed E-state index contributed by atoms with van der Waals surface area (Å²) >= 11 is 0. The van der Waals surface area contributed by atoms with Gasteiger partial charge in [0.15, 0.2) is 0 Å². The van der Waals surface area contributed by atoms with Crippen LogP contribution < -0.4 is 4.72 Å². The zero-order valence-corrected chi connectivity index (χ0v) is 12.4. The second-order valence-corrected chi connectivity index (χ2v) is 5.70. The first-order chi connectivity index (χ1) is 10.0. The highest BCUT2D eigenvalue weighted by Gasteiger charge is 2.40. The van der Waals surface area contributed by atoms with E-state index in [9.17, 15) is 8.42 Å². The Labute approximate surface area is 123 Å². The molecule has 7 nitrogen and oxygen atoms in total. The average Bonchev–Trinajstić information content (AvgIpc) is 2.54. The van der Waals surface area contributed by atoms with Crippen LogP contribution in [-0.2, 0) is 25.4 Å². The van der Waals surface area contributed by atoms with Gasteiger partial charge in [0, 0.05) is 26.6 Å². The standard InChI is InChI=1S/C13H15N3O4S/c1-19-13(20-2,12-14-9-6-10-15-12)16-21(17,18)11-7-4-3-5-8-11/h3-10,16H,1-2H3. The second kappa shape index (κ2) is 6.27. The minimum Gasteiger partial charge on any atom is -0.334 e. The van der Waals surface area contributed by atoms with Gasteiger partial charge in [-0.05, 0) is 18.2 Å². The number of hydrogen-bond donors (Lipinski definition) is 1. The maximum absolute atomic E-state index is 12.4. The molecule has 2 aromatic rings. The zero-order valence-electron chi connectivity index (χ0n) is 11.6. The first-order valence-electron chi connectivity index (χ1n) is 6.01. The third-order valence-corrected chi connectivity index (χ3v) is 4.19. The van der Waals surface area contributed by atoms with E-state index in [0.717, 1.165) is 0 Å². The van der Waals surface area contributed by atoms with Crippen molar-refractivity contribution in [2.45, 2.75) is 10.8 Å². The Hall–Kier alpha value is -1.87. The molecule has 0 fully saturated rings. The third-order valence-electron chi connectivity index (χ3n) is 2.76. The molecule has 1 aromatic carbocycles. The van der Waals surface area contributed by atoms with E-state index in [1.807, 2.05) is 0 Å². The van der Waals surface area contributed by atoms with Crippen LogP contribution in [0.25, 0.3) is 0 Å². The summed E-state index contributed by atoms with van der Waals surface area (Å²) in [6, 6.07) is 9.49. The number of benzene rings is 1. The lowest BCUT2D eigenvalue weighted by Gasteiger charge is -2.29. The van der Waals surface area contributed by atoms with Gasteiger partial charge in [0.2, 0.25) is 15.8 Å². The molecule has 1 heterocycles. The van der Waals surface area contributed by atoms with Gasteiger partial charge in [-0.1, -0.05) is 18.2 Å². The Morgan fingerprint density at radius 1 is 1.00 bits per heavy atom. The fraction of sp³-hybridized carbons (Fsp3) is 0.231. The highest BCUT2D eigenvalue weighted by molar-refractivity contribution is 7.89. The van der Waals surface area contributed by atoms with Crippen LogP contribution in [0.4, 0.5) is 0 Å². The normalized spacial score (nSPS) is 12.3. The smallest absolute Gasteiger partial charge is 0.304 e. The molecule has 8 heteroatoms. The van der Waals surface area contributed by atoms with Crippen LogP contribution in [0.1, 0.15) is 5.82 Å². The maximum atomic E-state index is 12.4. The summed E-state index contributed by atoms with van der Waals surface area (Å²) in [6.45, 7) is 0. The van der Waals surface area contributed by atoms with Gasteiger partial charge in [-0.15, -0.1) is 4.72 Å². The van der Waals surface area contributed by atoms with Crippen molar-refractivity contribution in [3.63, 3.8) is 0 Å². The lowest BCUT2D eigenvalue weighted by molar-refractivity contribution is -0.229. The molecular weight excluding hydrogens is 294 g/mol. The van der Waals surface area contributed by atoms with Crippen LogP contribution in [0.15, 0.2) is 53.7 Å². The highest BCUT2D eigenvalue weighted by atomic mass is 32.2. The summed E-state index contributed by atoms with van der Waals surface area (Å²) in [4.78, 5) is 8.05. The molecule has 0 bridgehead atoms. The van der Waals surface area contributed by atoms with Gasteiger partial charge in [-0.3, -0.25) is 0 Å². The van der Waals surface area contributed by atoms with Crippen LogP contribution in [0.3, 0.4) is 0 Å². The molecule has 0 aliphatic carbocycles. The van der Waals surface area contributed by atoms with E-state index in [0.29, 0.717) is 0 Å². The second-order valence-electron chi connectivity index (χ2n) is 4.02. The molecule has 112 valence electrons. The van der Waals surface area contributed by atoms with Gasteiger partial charge in [-0.2, -0.15) is 0 Å². The number of rotatable bonds is 6. The van der Waals surface area contributed by atoms with Crippen molar-refractivity contribution in [1.29, 1.82) is 0 Å². The van der Waals surface area contributed by atoms with Gasteiger partial charge in [0.05, 0.1) is 4.90 Å². The van der Waals surface area contributed by atoms with E-state index in [-0.39, 0.29) is 10.7 Å². The topological polar surface area (TPSA) is 90.4 Å². The van der Waals surface area contributed by atoms with Crippen LogP contribution in [0, 0.1) is 0 Å². The molecule has 0 saturated heterocycles. The minimum atomic E-state index is -3.87. The van der Waals surface area contributed by atoms with Gasteiger partial charge in [-0.25, -0.2) is 18.4 Å². The average molecular weight is 309 g/mol. The lowest BCUT2D eigenvalue weighted by atomic mass is 10.4. The maximum Gasteiger partial charge on any atom is 0.304 e. The van der Waals surface area contributed by atoms with Gasteiger partial charge < -0.3 is 9.47 Å². The van der Waals surface area contributed by atoms with Crippen molar-refractivity contribution in [2.75, 3.05) is 14.2 Å². The Morgan fingerprint density at radius 3 is 2.10 bits per heavy atom. The van der Waals surface area contributed by atoms with Crippen LogP contribution >= 0.6 is 0 Å².